The van der Waals surface area contributed by atoms with E-state index in [0.717, 1.165) is 41.1 Å². The number of pyridine rings is 1. The maximum atomic E-state index is 13.5. The number of para-hydroxylation sites is 1. The summed E-state index contributed by atoms with van der Waals surface area (Å²) in [5, 5.41) is 7.81. The molecule has 2 bridgehead atoms. The van der Waals surface area contributed by atoms with Gasteiger partial charge in [0.25, 0.3) is 11.5 Å². The molecule has 1 amide bonds. The van der Waals surface area contributed by atoms with Crippen LogP contribution in [0.15, 0.2) is 35.1 Å². The van der Waals surface area contributed by atoms with Gasteiger partial charge < -0.3 is 24.9 Å². The third-order valence-corrected chi connectivity index (χ3v) is 8.80. The van der Waals surface area contributed by atoms with Crippen molar-refractivity contribution in [1.29, 1.82) is 0 Å². The molecule has 0 unspecified atom stereocenters. The molecule has 3 aliphatic carbocycles. The molecule has 1 atom stereocenters. The molecule has 0 radical (unpaired) electrons. The number of amides is 1. The number of fused-ring (bicyclic) bond motifs is 1. The molecule has 7 rings (SSSR count). The first-order valence-electron chi connectivity index (χ1n) is 12.6. The van der Waals surface area contributed by atoms with Gasteiger partial charge in [-0.3, -0.25) is 9.59 Å². The summed E-state index contributed by atoms with van der Waals surface area (Å²) in [4.78, 5) is 28.7. The van der Waals surface area contributed by atoms with E-state index >= 15 is 0 Å². The fourth-order valence-corrected chi connectivity index (χ4v) is 7.02. The van der Waals surface area contributed by atoms with Gasteiger partial charge in [-0.1, -0.05) is 18.2 Å². The summed E-state index contributed by atoms with van der Waals surface area (Å²) >= 11 is 0. The van der Waals surface area contributed by atoms with Crippen LogP contribution in [0.2, 0.25) is 0 Å². The highest BCUT2D eigenvalue weighted by Crippen LogP contribution is 2.72. The van der Waals surface area contributed by atoms with Crippen LogP contribution in [0, 0.1) is 26.2 Å². The van der Waals surface area contributed by atoms with Crippen LogP contribution in [0.1, 0.15) is 65.1 Å². The number of hydrogen-bond donors (Lipinski definition) is 3. The Bertz CT molecular complexity index is 1380. The van der Waals surface area contributed by atoms with Crippen molar-refractivity contribution in [1.82, 2.24) is 20.2 Å². The average Bonchev–Trinajstić information content (AvgIpc) is 3.01. The molecule has 3 aromatic rings. The number of ether oxygens (including phenoxy) is 1. The molecule has 35 heavy (non-hydrogen) atoms. The van der Waals surface area contributed by atoms with Gasteiger partial charge in [-0.25, -0.2) is 0 Å². The molecule has 1 aromatic carbocycles. The highest BCUT2D eigenvalue weighted by Gasteiger charge is 2.70. The lowest BCUT2D eigenvalue weighted by Crippen LogP contribution is -2.78. The Kier molecular flexibility index (Phi) is 5.03. The predicted octanol–water partition coefficient (Wildman–Crippen LogP) is 3.66. The lowest BCUT2D eigenvalue weighted by atomic mass is 9.37. The molecule has 0 spiro atoms. The molecule has 4 aliphatic rings. The van der Waals surface area contributed by atoms with E-state index in [1.807, 2.05) is 38.1 Å². The van der Waals surface area contributed by atoms with Crippen molar-refractivity contribution in [2.45, 2.75) is 71.1 Å². The van der Waals surface area contributed by atoms with Crippen molar-refractivity contribution >= 4 is 16.8 Å². The monoisotopic (exact) mass is 474 g/mol. The normalized spacial score (nSPS) is 26.1. The van der Waals surface area contributed by atoms with E-state index in [-0.39, 0.29) is 23.4 Å². The van der Waals surface area contributed by atoms with Gasteiger partial charge in [0.05, 0.1) is 24.8 Å². The van der Waals surface area contributed by atoms with Crippen LogP contribution in [0.25, 0.3) is 10.9 Å². The Labute approximate surface area is 205 Å². The molecule has 4 fully saturated rings. The Balaban J connectivity index is 1.26. The van der Waals surface area contributed by atoms with Gasteiger partial charge in [0.1, 0.15) is 0 Å². The molecule has 3 heterocycles. The third-order valence-electron chi connectivity index (χ3n) is 8.80. The number of nitrogens with zero attached hydrogens (tertiary/aromatic N) is 1. The molecule has 3 N–H and O–H groups in total. The number of carbonyl (C=O) groups is 1. The number of nitrogens with one attached hydrogen (secondary N) is 3. The van der Waals surface area contributed by atoms with Gasteiger partial charge in [0.2, 0.25) is 0 Å². The lowest BCUT2D eigenvalue weighted by Gasteiger charge is -2.74. The van der Waals surface area contributed by atoms with Gasteiger partial charge >= 0.3 is 0 Å². The quantitative estimate of drug-likeness (QED) is 0.488. The second-order valence-corrected chi connectivity index (χ2v) is 11.2. The molecule has 7 heteroatoms. The van der Waals surface area contributed by atoms with Crippen LogP contribution in [0.3, 0.4) is 0 Å². The molecular formula is C28H34N4O3. The average molecular weight is 475 g/mol. The Hall–Kier alpha value is -2.90. The maximum Gasteiger partial charge on any atom is 0.254 e. The van der Waals surface area contributed by atoms with Gasteiger partial charge in [-0.05, 0) is 70.1 Å². The zero-order chi connectivity index (χ0) is 24.5. The van der Waals surface area contributed by atoms with Crippen LogP contribution in [0.5, 0.6) is 0 Å². The van der Waals surface area contributed by atoms with Gasteiger partial charge in [-0.15, -0.1) is 0 Å². The van der Waals surface area contributed by atoms with Crippen molar-refractivity contribution in [2.75, 3.05) is 13.2 Å². The minimum absolute atomic E-state index is 0.134. The van der Waals surface area contributed by atoms with E-state index in [1.165, 1.54) is 19.3 Å². The van der Waals surface area contributed by atoms with Crippen LogP contribution in [0.4, 0.5) is 0 Å². The molecule has 7 nitrogen and oxygen atoms in total. The second kappa shape index (κ2) is 7.80. The molecule has 1 aliphatic heterocycles. The number of aryl methyl sites for hydroxylation is 2. The smallest absolute Gasteiger partial charge is 0.254 e. The summed E-state index contributed by atoms with van der Waals surface area (Å²) in [7, 11) is 0. The fourth-order valence-electron chi connectivity index (χ4n) is 7.02. The number of aromatic amines is 1. The van der Waals surface area contributed by atoms with Gasteiger partial charge in [-0.2, -0.15) is 0 Å². The zero-order valence-corrected chi connectivity index (χ0v) is 21.0. The van der Waals surface area contributed by atoms with Crippen LogP contribution in [-0.2, 0) is 11.3 Å². The summed E-state index contributed by atoms with van der Waals surface area (Å²) in [5.41, 5.74) is 5.54. The number of H-pyrrole nitrogens is 1. The standard InChI is InChI=1S/C28H34N4O3/c1-16-9-17(2)30-25(33)22(16)10-29-26(34)24-18(3)32(23-8-6-5-7-21(23)24)19(4)27-13-28(14-27,15-27)31-20-11-35-12-20/h5-9,19-20,31H,10-15H2,1-4H3,(H,29,34)(H,30,33)/t19-,27?,28?/m1/s1. The first-order chi connectivity index (χ1) is 16.7. The Morgan fingerprint density at radius 3 is 2.57 bits per heavy atom. The first-order valence-corrected chi connectivity index (χ1v) is 12.6. The van der Waals surface area contributed by atoms with Crippen LogP contribution >= 0.6 is 0 Å². The molecular weight excluding hydrogens is 440 g/mol. The predicted molar refractivity (Wildman–Crippen MR) is 136 cm³/mol. The number of aromatic nitrogens is 2. The summed E-state index contributed by atoms with van der Waals surface area (Å²) in [6.07, 6.45) is 3.54. The Morgan fingerprint density at radius 2 is 1.91 bits per heavy atom. The molecule has 3 saturated carbocycles. The lowest BCUT2D eigenvalue weighted by molar-refractivity contribution is -0.197. The summed E-state index contributed by atoms with van der Waals surface area (Å²) in [6.45, 7) is 10.0. The van der Waals surface area contributed by atoms with Crippen LogP contribution in [-0.4, -0.2) is 40.3 Å². The van der Waals surface area contributed by atoms with Gasteiger partial charge in [0, 0.05) is 46.0 Å². The molecule has 1 saturated heterocycles. The minimum atomic E-state index is -0.143. The summed E-state index contributed by atoms with van der Waals surface area (Å²) in [6, 6.07) is 10.9. The number of carbonyl (C=O) groups excluding carboxylic acids is 1. The topological polar surface area (TPSA) is 88.2 Å². The fraction of sp³-hybridized carbons (Fsp3) is 0.500. The maximum absolute atomic E-state index is 13.5. The van der Waals surface area contributed by atoms with Crippen molar-refractivity contribution in [3.63, 3.8) is 0 Å². The number of hydrogen-bond acceptors (Lipinski definition) is 4. The largest absolute Gasteiger partial charge is 0.378 e. The third kappa shape index (κ3) is 3.39. The zero-order valence-electron chi connectivity index (χ0n) is 21.0. The van der Waals surface area contributed by atoms with E-state index in [0.29, 0.717) is 28.7 Å². The van der Waals surface area contributed by atoms with Crippen LogP contribution < -0.4 is 16.2 Å². The first kappa shape index (κ1) is 22.6. The van der Waals surface area contributed by atoms with Crippen molar-refractivity contribution in [2.24, 2.45) is 5.41 Å². The van der Waals surface area contributed by atoms with E-state index in [4.69, 9.17) is 4.74 Å². The van der Waals surface area contributed by atoms with E-state index in [2.05, 4.69) is 40.1 Å². The number of rotatable bonds is 7. The van der Waals surface area contributed by atoms with E-state index in [9.17, 15) is 9.59 Å². The van der Waals surface area contributed by atoms with Crippen molar-refractivity contribution in [3.05, 3.63) is 68.8 Å². The van der Waals surface area contributed by atoms with Crippen molar-refractivity contribution in [3.8, 4) is 0 Å². The summed E-state index contributed by atoms with van der Waals surface area (Å²) < 4.78 is 7.72. The van der Waals surface area contributed by atoms with E-state index in [1.54, 1.807) is 0 Å². The van der Waals surface area contributed by atoms with Gasteiger partial charge in [0.15, 0.2) is 0 Å². The number of benzene rings is 1. The molecule has 184 valence electrons. The Morgan fingerprint density at radius 1 is 1.20 bits per heavy atom. The molecule has 2 aromatic heterocycles. The SMILES string of the molecule is Cc1cc(C)c(CNC(=O)c2c(C)n([C@H](C)C34CC(NC5COC5)(C3)C4)c3ccccc23)c(=O)[nH]1. The highest BCUT2D eigenvalue weighted by molar-refractivity contribution is 6.08. The summed E-state index contributed by atoms with van der Waals surface area (Å²) in [5.74, 6) is -0.134. The minimum Gasteiger partial charge on any atom is -0.378 e. The highest BCUT2D eigenvalue weighted by atomic mass is 16.5. The van der Waals surface area contributed by atoms with E-state index < -0.39 is 0 Å². The second-order valence-electron chi connectivity index (χ2n) is 11.2. The van der Waals surface area contributed by atoms with Crippen molar-refractivity contribution < 1.29 is 9.53 Å².